The van der Waals surface area contributed by atoms with Gasteiger partial charge >= 0.3 is 0 Å². The van der Waals surface area contributed by atoms with Crippen molar-refractivity contribution < 1.29 is 0 Å². The van der Waals surface area contributed by atoms with Crippen LogP contribution >= 0.6 is 0 Å². The van der Waals surface area contributed by atoms with Crippen LogP contribution in [0.4, 0.5) is 0 Å². The number of hydrogen-bond donors (Lipinski definition) is 1. The first kappa shape index (κ1) is 11.9. The molecule has 17 heavy (non-hydrogen) atoms. The minimum atomic E-state index is 0.707. The SMILES string of the molecule is Cc1ccc(-c2cnn(CCCN)c2)cc1C. The van der Waals surface area contributed by atoms with Crippen molar-refractivity contribution in [1.29, 1.82) is 0 Å². The molecule has 0 spiro atoms. The van der Waals surface area contributed by atoms with Gasteiger partial charge in [-0.25, -0.2) is 0 Å². The van der Waals surface area contributed by atoms with Crippen molar-refractivity contribution >= 4 is 0 Å². The fourth-order valence-electron chi connectivity index (χ4n) is 1.81. The summed E-state index contributed by atoms with van der Waals surface area (Å²) in [4.78, 5) is 0. The standard InChI is InChI=1S/C14H19N3/c1-11-4-5-13(8-12(11)2)14-9-16-17(10-14)7-3-6-15/h4-5,8-10H,3,6-7,15H2,1-2H3. The van der Waals surface area contributed by atoms with Gasteiger partial charge in [-0.15, -0.1) is 0 Å². The Morgan fingerprint density at radius 1 is 1.18 bits per heavy atom. The van der Waals surface area contributed by atoms with E-state index >= 15 is 0 Å². The Kier molecular flexibility index (Phi) is 3.59. The predicted octanol–water partition coefficient (Wildman–Crippen LogP) is 2.52. The van der Waals surface area contributed by atoms with Gasteiger partial charge in [-0.2, -0.15) is 5.10 Å². The Morgan fingerprint density at radius 2 is 2.00 bits per heavy atom. The fraction of sp³-hybridized carbons (Fsp3) is 0.357. The minimum Gasteiger partial charge on any atom is -0.330 e. The van der Waals surface area contributed by atoms with E-state index in [1.165, 1.54) is 22.3 Å². The average Bonchev–Trinajstić information content (AvgIpc) is 2.79. The number of benzene rings is 1. The van der Waals surface area contributed by atoms with Gasteiger partial charge in [0.15, 0.2) is 0 Å². The number of aromatic nitrogens is 2. The molecule has 0 bridgehead atoms. The summed E-state index contributed by atoms with van der Waals surface area (Å²) < 4.78 is 1.96. The van der Waals surface area contributed by atoms with E-state index in [1.807, 2.05) is 10.9 Å². The van der Waals surface area contributed by atoms with Crippen molar-refractivity contribution in [3.63, 3.8) is 0 Å². The van der Waals surface area contributed by atoms with E-state index in [0.717, 1.165) is 13.0 Å². The smallest absolute Gasteiger partial charge is 0.0568 e. The Morgan fingerprint density at radius 3 is 2.71 bits per heavy atom. The first-order chi connectivity index (χ1) is 8.20. The fourth-order valence-corrected chi connectivity index (χ4v) is 1.81. The number of nitrogens with zero attached hydrogens (tertiary/aromatic N) is 2. The second-order valence-electron chi connectivity index (χ2n) is 4.43. The molecule has 0 atom stereocenters. The quantitative estimate of drug-likeness (QED) is 0.875. The van der Waals surface area contributed by atoms with Crippen LogP contribution in [0.1, 0.15) is 17.5 Å². The summed E-state index contributed by atoms with van der Waals surface area (Å²) >= 11 is 0. The predicted molar refractivity (Wildman–Crippen MR) is 70.8 cm³/mol. The van der Waals surface area contributed by atoms with Crippen LogP contribution in [0.5, 0.6) is 0 Å². The molecule has 1 aromatic heterocycles. The Labute approximate surface area is 102 Å². The maximum Gasteiger partial charge on any atom is 0.0568 e. The van der Waals surface area contributed by atoms with Crippen LogP contribution in [-0.4, -0.2) is 16.3 Å². The van der Waals surface area contributed by atoms with Crippen molar-refractivity contribution in [1.82, 2.24) is 9.78 Å². The Balaban J connectivity index is 2.21. The largest absolute Gasteiger partial charge is 0.330 e. The zero-order valence-electron chi connectivity index (χ0n) is 10.5. The van der Waals surface area contributed by atoms with Crippen LogP contribution in [0.2, 0.25) is 0 Å². The molecule has 90 valence electrons. The monoisotopic (exact) mass is 229 g/mol. The van der Waals surface area contributed by atoms with Crippen molar-refractivity contribution in [2.24, 2.45) is 5.73 Å². The summed E-state index contributed by atoms with van der Waals surface area (Å²) in [5.74, 6) is 0. The lowest BCUT2D eigenvalue weighted by Gasteiger charge is -2.02. The van der Waals surface area contributed by atoms with E-state index in [4.69, 9.17) is 5.73 Å². The summed E-state index contributed by atoms with van der Waals surface area (Å²) in [5.41, 5.74) is 10.5. The van der Waals surface area contributed by atoms with Crippen LogP contribution in [-0.2, 0) is 6.54 Å². The molecule has 0 aliphatic rings. The van der Waals surface area contributed by atoms with Crippen LogP contribution in [0.25, 0.3) is 11.1 Å². The second kappa shape index (κ2) is 5.15. The molecule has 1 aromatic carbocycles. The lowest BCUT2D eigenvalue weighted by molar-refractivity contribution is 0.585. The molecule has 0 aliphatic heterocycles. The first-order valence-corrected chi connectivity index (χ1v) is 6.01. The van der Waals surface area contributed by atoms with Gasteiger partial charge in [0, 0.05) is 18.3 Å². The third-order valence-corrected chi connectivity index (χ3v) is 3.06. The highest BCUT2D eigenvalue weighted by Gasteiger charge is 2.02. The molecule has 0 saturated heterocycles. The van der Waals surface area contributed by atoms with Crippen molar-refractivity contribution in [3.05, 3.63) is 41.7 Å². The van der Waals surface area contributed by atoms with Crippen LogP contribution in [0.3, 0.4) is 0 Å². The van der Waals surface area contributed by atoms with Gasteiger partial charge in [-0.3, -0.25) is 4.68 Å². The highest BCUT2D eigenvalue weighted by Crippen LogP contribution is 2.21. The number of aryl methyl sites for hydroxylation is 3. The van der Waals surface area contributed by atoms with E-state index in [1.54, 1.807) is 0 Å². The molecule has 1 heterocycles. The lowest BCUT2D eigenvalue weighted by atomic mass is 10.0. The van der Waals surface area contributed by atoms with Gasteiger partial charge in [-0.1, -0.05) is 18.2 Å². The van der Waals surface area contributed by atoms with Crippen LogP contribution < -0.4 is 5.73 Å². The highest BCUT2D eigenvalue weighted by molar-refractivity contribution is 5.63. The number of hydrogen-bond acceptors (Lipinski definition) is 2. The second-order valence-corrected chi connectivity index (χ2v) is 4.43. The third-order valence-electron chi connectivity index (χ3n) is 3.06. The summed E-state index contributed by atoms with van der Waals surface area (Å²) in [6.07, 6.45) is 4.97. The highest BCUT2D eigenvalue weighted by atomic mass is 15.3. The molecule has 0 aliphatic carbocycles. The number of nitrogens with two attached hydrogens (primary N) is 1. The van der Waals surface area contributed by atoms with E-state index in [2.05, 4.69) is 43.3 Å². The maximum atomic E-state index is 5.49. The molecular formula is C14H19N3. The van der Waals surface area contributed by atoms with Gasteiger partial charge in [0.05, 0.1) is 6.20 Å². The van der Waals surface area contributed by atoms with Gasteiger partial charge in [0.1, 0.15) is 0 Å². The molecule has 2 rings (SSSR count). The molecule has 2 N–H and O–H groups in total. The van der Waals surface area contributed by atoms with Gasteiger partial charge in [0.2, 0.25) is 0 Å². The van der Waals surface area contributed by atoms with E-state index < -0.39 is 0 Å². The molecule has 2 aromatic rings. The normalized spacial score (nSPS) is 10.8. The zero-order valence-corrected chi connectivity index (χ0v) is 10.5. The molecule has 0 fully saturated rings. The summed E-state index contributed by atoms with van der Waals surface area (Å²) in [5, 5.41) is 4.34. The van der Waals surface area contributed by atoms with Gasteiger partial charge < -0.3 is 5.73 Å². The average molecular weight is 229 g/mol. The molecule has 3 nitrogen and oxygen atoms in total. The topological polar surface area (TPSA) is 43.8 Å². The van der Waals surface area contributed by atoms with Crippen molar-refractivity contribution in [2.75, 3.05) is 6.54 Å². The summed E-state index contributed by atoms with van der Waals surface area (Å²) in [6.45, 7) is 5.86. The molecule has 3 heteroatoms. The molecule has 0 amide bonds. The van der Waals surface area contributed by atoms with Gasteiger partial charge in [0.25, 0.3) is 0 Å². The number of rotatable bonds is 4. The van der Waals surface area contributed by atoms with Crippen LogP contribution in [0, 0.1) is 13.8 Å². The molecule has 0 saturated carbocycles. The van der Waals surface area contributed by atoms with E-state index in [0.29, 0.717) is 6.54 Å². The van der Waals surface area contributed by atoms with Crippen molar-refractivity contribution in [2.45, 2.75) is 26.8 Å². The van der Waals surface area contributed by atoms with Crippen molar-refractivity contribution in [3.8, 4) is 11.1 Å². The summed E-state index contributed by atoms with van der Waals surface area (Å²) in [6, 6.07) is 6.51. The Hall–Kier alpha value is -1.61. The zero-order chi connectivity index (χ0) is 12.3. The lowest BCUT2D eigenvalue weighted by Crippen LogP contribution is -2.05. The van der Waals surface area contributed by atoms with E-state index in [-0.39, 0.29) is 0 Å². The van der Waals surface area contributed by atoms with Gasteiger partial charge in [-0.05, 0) is 43.5 Å². The first-order valence-electron chi connectivity index (χ1n) is 6.01. The minimum absolute atomic E-state index is 0.707. The van der Waals surface area contributed by atoms with E-state index in [9.17, 15) is 0 Å². The maximum absolute atomic E-state index is 5.49. The summed E-state index contributed by atoms with van der Waals surface area (Å²) in [7, 11) is 0. The van der Waals surface area contributed by atoms with Crippen LogP contribution in [0.15, 0.2) is 30.6 Å². The molecule has 0 radical (unpaired) electrons. The Bertz CT molecular complexity index is 500. The third kappa shape index (κ3) is 2.74. The molecular weight excluding hydrogens is 210 g/mol. The molecule has 0 unspecified atom stereocenters.